The first-order valence-electron chi connectivity index (χ1n) is 16.6. The Kier molecular flexibility index (Phi) is 56.9. The minimum absolute atomic E-state index is 0.125. The van der Waals surface area contributed by atoms with Crippen LogP contribution in [0, 0.1) is 5.92 Å². The minimum Gasteiger partial charge on any atom is -0.481 e. The van der Waals surface area contributed by atoms with Crippen LogP contribution in [0.2, 0.25) is 0 Å². The molecule has 0 aromatic carbocycles. The molecule has 0 unspecified atom stereocenters. The van der Waals surface area contributed by atoms with Gasteiger partial charge < -0.3 is 15.5 Å². The topological polar surface area (TPSA) is 104 Å². The van der Waals surface area contributed by atoms with Crippen LogP contribution in [-0.4, -0.2) is 72.1 Å². The summed E-state index contributed by atoms with van der Waals surface area (Å²) in [5.74, 6) is -1.60. The van der Waals surface area contributed by atoms with Crippen molar-refractivity contribution in [3.63, 3.8) is 0 Å². The largest absolute Gasteiger partial charge is 0.481 e. The Morgan fingerprint density at radius 2 is 0.800 bits per heavy atom. The first-order valence-corrected chi connectivity index (χ1v) is 25.5. The lowest BCUT2D eigenvalue weighted by Crippen LogP contribution is -2.24. The van der Waals surface area contributed by atoms with Crippen LogP contribution >= 0.6 is 64.8 Å². The fourth-order valence-corrected chi connectivity index (χ4v) is 4.05. The summed E-state index contributed by atoms with van der Waals surface area (Å²) in [5, 5.41) is 20.4. The lowest BCUT2D eigenvalue weighted by molar-refractivity contribution is -0.141. The van der Waals surface area contributed by atoms with Crippen molar-refractivity contribution in [2.75, 3.05) is 44.1 Å². The van der Waals surface area contributed by atoms with Gasteiger partial charge in [0.2, 0.25) is 5.91 Å². The average Bonchev–Trinajstić information content (AvgIpc) is 3.03. The standard InChI is InChI=1S/C27H51NO5.3C2H6S2/c1-24(27(32)33)20-18-19-23-28-25(29)21-16-14-12-10-8-6-4-2-3-5-7-9-11-13-15-17-22-26(30)31;3*1-3-4-2/h24H,2-23H2,1H3,(H,28,29)(H,30,31)(H,32,33);3*1-2H3/t24-;;;/m0.../s1. The molecule has 0 radical (unpaired) electrons. The number of carboxylic acid groups (broad SMARTS) is 2. The molecule has 0 bridgehead atoms. The molecule has 1 atom stereocenters. The highest BCUT2D eigenvalue weighted by Gasteiger charge is 2.09. The van der Waals surface area contributed by atoms with Gasteiger partial charge in [0.1, 0.15) is 0 Å². The van der Waals surface area contributed by atoms with E-state index >= 15 is 0 Å². The molecule has 0 aliphatic rings. The second-order valence-electron chi connectivity index (χ2n) is 10.6. The molecule has 1 amide bonds. The van der Waals surface area contributed by atoms with E-state index in [0.29, 0.717) is 25.8 Å². The van der Waals surface area contributed by atoms with Gasteiger partial charge in [-0.1, -0.05) is 168 Å². The van der Waals surface area contributed by atoms with E-state index in [2.05, 4.69) is 42.9 Å². The number of carbonyl (C=O) groups excluding carboxylic acids is 1. The van der Waals surface area contributed by atoms with Crippen LogP contribution in [0.25, 0.3) is 0 Å². The van der Waals surface area contributed by atoms with Crippen molar-refractivity contribution in [1.82, 2.24) is 5.32 Å². The number of hydrogen-bond acceptors (Lipinski definition) is 9. The summed E-state index contributed by atoms with van der Waals surface area (Å²) in [5.41, 5.74) is 0. The number of carbonyl (C=O) groups is 3. The zero-order valence-corrected chi connectivity index (χ0v) is 34.6. The van der Waals surface area contributed by atoms with E-state index in [4.69, 9.17) is 10.2 Å². The normalized spacial score (nSPS) is 10.7. The van der Waals surface area contributed by atoms with Crippen LogP contribution in [0.4, 0.5) is 0 Å². The summed E-state index contributed by atoms with van der Waals surface area (Å²) in [6.07, 6.45) is 35.1. The average molecular weight is 752 g/mol. The van der Waals surface area contributed by atoms with Gasteiger partial charge in [-0.05, 0) is 63.2 Å². The minimum atomic E-state index is -0.745. The number of hydrogen-bond donors (Lipinski definition) is 3. The Bertz CT molecular complexity index is 590. The molecule has 0 rings (SSSR count). The molecule has 0 heterocycles. The molecule has 12 heteroatoms. The molecule has 0 fully saturated rings. The molecule has 0 aromatic rings. The highest BCUT2D eigenvalue weighted by atomic mass is 33.1. The van der Waals surface area contributed by atoms with Gasteiger partial charge in [0.15, 0.2) is 0 Å². The highest BCUT2D eigenvalue weighted by Crippen LogP contribution is 2.15. The van der Waals surface area contributed by atoms with Crippen LogP contribution in [0.1, 0.15) is 142 Å². The Balaban J connectivity index is -0.000000592. The lowest BCUT2D eigenvalue weighted by Gasteiger charge is -2.07. The maximum atomic E-state index is 11.8. The van der Waals surface area contributed by atoms with Gasteiger partial charge in [-0.15, -0.1) is 0 Å². The number of aliphatic carboxylic acids is 2. The van der Waals surface area contributed by atoms with Crippen LogP contribution in [-0.2, 0) is 14.4 Å². The molecule has 0 spiro atoms. The number of amides is 1. The fraction of sp³-hybridized carbons (Fsp3) is 0.909. The van der Waals surface area contributed by atoms with Gasteiger partial charge in [-0.2, -0.15) is 0 Å². The Morgan fingerprint density at radius 3 is 1.09 bits per heavy atom. The molecule has 272 valence electrons. The van der Waals surface area contributed by atoms with Crippen molar-refractivity contribution >= 4 is 82.6 Å². The van der Waals surface area contributed by atoms with Crippen molar-refractivity contribution in [3.05, 3.63) is 0 Å². The third-order valence-electron chi connectivity index (χ3n) is 6.85. The predicted octanol–water partition coefficient (Wildman–Crippen LogP) is 12.0. The van der Waals surface area contributed by atoms with E-state index < -0.39 is 11.9 Å². The van der Waals surface area contributed by atoms with Crippen LogP contribution in [0.3, 0.4) is 0 Å². The third kappa shape index (κ3) is 60.3. The summed E-state index contributed by atoms with van der Waals surface area (Å²) < 4.78 is 0. The van der Waals surface area contributed by atoms with Gasteiger partial charge in [-0.3, -0.25) is 14.4 Å². The van der Waals surface area contributed by atoms with Crippen molar-refractivity contribution < 1.29 is 24.6 Å². The maximum absolute atomic E-state index is 11.8. The van der Waals surface area contributed by atoms with Gasteiger partial charge in [0.25, 0.3) is 0 Å². The monoisotopic (exact) mass is 751 g/mol. The Labute approximate surface area is 302 Å². The SMILES string of the molecule is CSSC.CSSC.CSSC.C[C@@H](CCCCNC(=O)CCCCCCCCCCCCCCCCCCC(=O)O)C(=O)O. The number of carboxylic acids is 2. The highest BCUT2D eigenvalue weighted by molar-refractivity contribution is 8.76. The first kappa shape index (κ1) is 52.3. The van der Waals surface area contributed by atoms with Gasteiger partial charge in [0, 0.05) is 19.4 Å². The maximum Gasteiger partial charge on any atom is 0.306 e. The predicted molar refractivity (Wildman–Crippen MR) is 215 cm³/mol. The molecule has 0 saturated carbocycles. The molecular formula is C33H69NO5S6. The van der Waals surface area contributed by atoms with Crippen LogP contribution in [0.15, 0.2) is 0 Å². The van der Waals surface area contributed by atoms with E-state index in [-0.39, 0.29) is 11.8 Å². The second-order valence-corrected chi connectivity index (χ2v) is 18.6. The first-order chi connectivity index (χ1) is 21.7. The number of nitrogens with one attached hydrogen (secondary N) is 1. The second kappa shape index (κ2) is 48.9. The van der Waals surface area contributed by atoms with Crippen molar-refractivity contribution in [2.45, 2.75) is 142 Å². The molecule has 3 N–H and O–H groups in total. The molecule has 45 heavy (non-hydrogen) atoms. The van der Waals surface area contributed by atoms with Crippen molar-refractivity contribution in [1.29, 1.82) is 0 Å². The zero-order valence-electron chi connectivity index (χ0n) is 29.7. The molecule has 0 aliphatic heterocycles. The summed E-state index contributed by atoms with van der Waals surface area (Å²) in [4.78, 5) is 33.0. The summed E-state index contributed by atoms with van der Waals surface area (Å²) in [7, 11) is 10.6. The molecule has 6 nitrogen and oxygen atoms in total. The van der Waals surface area contributed by atoms with E-state index in [1.807, 2.05) is 0 Å². The quantitative estimate of drug-likeness (QED) is 0.0525. The van der Waals surface area contributed by atoms with Gasteiger partial charge in [-0.25, -0.2) is 0 Å². The van der Waals surface area contributed by atoms with E-state index in [0.717, 1.165) is 38.5 Å². The summed E-state index contributed by atoms with van der Waals surface area (Å²) in [6, 6.07) is 0. The third-order valence-corrected chi connectivity index (χ3v) is 10.9. The van der Waals surface area contributed by atoms with Crippen LogP contribution in [0.5, 0.6) is 0 Å². The van der Waals surface area contributed by atoms with Gasteiger partial charge >= 0.3 is 11.9 Å². The van der Waals surface area contributed by atoms with Crippen LogP contribution < -0.4 is 5.32 Å². The smallest absolute Gasteiger partial charge is 0.306 e. The number of rotatable bonds is 28. The lowest BCUT2D eigenvalue weighted by atomic mass is 10.0. The molecular weight excluding hydrogens is 683 g/mol. The van der Waals surface area contributed by atoms with E-state index in [1.165, 1.54) is 77.0 Å². The Hall–Kier alpha value is 0.510. The molecule has 0 aromatic heterocycles. The summed E-state index contributed by atoms with van der Waals surface area (Å²) in [6.45, 7) is 2.38. The van der Waals surface area contributed by atoms with E-state index in [9.17, 15) is 14.4 Å². The molecule has 0 saturated heterocycles. The molecule has 0 aliphatic carbocycles. The van der Waals surface area contributed by atoms with Crippen molar-refractivity contribution in [3.8, 4) is 0 Å². The zero-order chi connectivity index (χ0) is 34.8. The van der Waals surface area contributed by atoms with Gasteiger partial charge in [0.05, 0.1) is 5.92 Å². The van der Waals surface area contributed by atoms with Crippen molar-refractivity contribution in [2.24, 2.45) is 5.92 Å². The Morgan fingerprint density at radius 1 is 0.489 bits per heavy atom. The fourth-order valence-electron chi connectivity index (χ4n) is 4.05. The van der Waals surface area contributed by atoms with E-state index in [1.54, 1.807) is 71.7 Å². The summed E-state index contributed by atoms with van der Waals surface area (Å²) >= 11 is 0. The number of unbranched alkanes of at least 4 members (excludes halogenated alkanes) is 16.